The number of hydrogen-bond acceptors (Lipinski definition) is 2. The Kier molecular flexibility index (Phi) is 3.92. The molecule has 1 fully saturated rings. The molecule has 0 N–H and O–H groups in total. The highest BCUT2D eigenvalue weighted by atomic mass is 15.1. The maximum absolute atomic E-state index is 4.89. The van der Waals surface area contributed by atoms with Crippen LogP contribution >= 0.6 is 0 Å². The maximum Gasteiger partial charge on any atom is 0.109 e. The van der Waals surface area contributed by atoms with Crippen LogP contribution in [0.15, 0.2) is 6.20 Å². The summed E-state index contributed by atoms with van der Waals surface area (Å²) in [6.45, 7) is 8.37. The minimum Gasteiger partial charge on any atom is -0.332 e. The molecular formula is C16H27N3. The molecule has 3 heteroatoms. The largest absolute Gasteiger partial charge is 0.332 e. The molecule has 3 heterocycles. The summed E-state index contributed by atoms with van der Waals surface area (Å²) in [5, 5.41) is 0. The van der Waals surface area contributed by atoms with Gasteiger partial charge in [0.15, 0.2) is 0 Å². The lowest BCUT2D eigenvalue weighted by Crippen LogP contribution is -2.35. The molecule has 1 aromatic rings. The molecule has 1 saturated heterocycles. The van der Waals surface area contributed by atoms with Crippen molar-refractivity contribution in [2.75, 3.05) is 19.6 Å². The lowest BCUT2D eigenvalue weighted by Gasteiger charge is -2.31. The van der Waals surface area contributed by atoms with Gasteiger partial charge in [-0.05, 0) is 58.0 Å². The molecule has 0 aromatic carbocycles. The Balaban J connectivity index is 1.66. The van der Waals surface area contributed by atoms with Crippen molar-refractivity contribution in [3.8, 4) is 0 Å². The third kappa shape index (κ3) is 2.86. The Morgan fingerprint density at radius 1 is 1.32 bits per heavy atom. The number of aryl methyl sites for hydroxylation is 1. The van der Waals surface area contributed by atoms with Crippen LogP contribution in [0.5, 0.6) is 0 Å². The number of nitrogens with zero attached hydrogens (tertiary/aromatic N) is 3. The summed E-state index contributed by atoms with van der Waals surface area (Å²) in [7, 11) is 0. The third-order valence-electron chi connectivity index (χ3n) is 4.90. The molecule has 19 heavy (non-hydrogen) atoms. The van der Waals surface area contributed by atoms with E-state index in [-0.39, 0.29) is 0 Å². The van der Waals surface area contributed by atoms with Crippen molar-refractivity contribution >= 4 is 0 Å². The van der Waals surface area contributed by atoms with Gasteiger partial charge < -0.3 is 9.47 Å². The molecule has 2 aliphatic heterocycles. The van der Waals surface area contributed by atoms with E-state index in [1.54, 1.807) is 0 Å². The Morgan fingerprint density at radius 3 is 3.00 bits per heavy atom. The van der Waals surface area contributed by atoms with Gasteiger partial charge in [-0.3, -0.25) is 0 Å². The maximum atomic E-state index is 4.89. The summed E-state index contributed by atoms with van der Waals surface area (Å²) in [4.78, 5) is 7.48. The predicted molar refractivity (Wildman–Crippen MR) is 78.4 cm³/mol. The van der Waals surface area contributed by atoms with E-state index in [9.17, 15) is 0 Å². The van der Waals surface area contributed by atoms with Gasteiger partial charge in [-0.1, -0.05) is 6.92 Å². The average Bonchev–Trinajstić information content (AvgIpc) is 2.83. The molecule has 3 rings (SSSR count). The summed E-state index contributed by atoms with van der Waals surface area (Å²) < 4.78 is 2.43. The van der Waals surface area contributed by atoms with Gasteiger partial charge >= 0.3 is 0 Å². The molecule has 0 bridgehead atoms. The first-order chi connectivity index (χ1) is 9.26. The van der Waals surface area contributed by atoms with Crippen molar-refractivity contribution in [1.29, 1.82) is 0 Å². The minimum absolute atomic E-state index is 0.656. The Hall–Kier alpha value is -0.830. The lowest BCUT2D eigenvalue weighted by atomic mass is 9.93. The second-order valence-electron chi connectivity index (χ2n) is 6.40. The Morgan fingerprint density at radius 2 is 2.21 bits per heavy atom. The lowest BCUT2D eigenvalue weighted by molar-refractivity contribution is 0.181. The van der Waals surface area contributed by atoms with Crippen LogP contribution in [0.2, 0.25) is 0 Å². The smallest absolute Gasteiger partial charge is 0.109 e. The molecule has 0 spiro atoms. The number of rotatable bonds is 3. The first kappa shape index (κ1) is 13.2. The molecule has 3 nitrogen and oxygen atoms in total. The number of fused-ring (bicyclic) bond motifs is 1. The fourth-order valence-corrected chi connectivity index (χ4v) is 3.75. The first-order valence-corrected chi connectivity index (χ1v) is 8.05. The molecule has 2 aliphatic rings. The second kappa shape index (κ2) is 5.66. The van der Waals surface area contributed by atoms with Gasteiger partial charge in [-0.25, -0.2) is 4.98 Å². The van der Waals surface area contributed by atoms with E-state index in [1.807, 2.05) is 0 Å². The molecule has 106 valence electrons. The highest BCUT2D eigenvalue weighted by molar-refractivity contribution is 5.09. The normalized spacial score (nSPS) is 28.3. The highest BCUT2D eigenvalue weighted by Crippen LogP contribution is 2.26. The SMILES string of the molecule is CCN1CCCC(Cc2cn3c(n2)CCCC3C)C1. The topological polar surface area (TPSA) is 21.1 Å². The number of aromatic nitrogens is 2. The zero-order valence-electron chi connectivity index (χ0n) is 12.4. The van der Waals surface area contributed by atoms with Gasteiger partial charge in [-0.15, -0.1) is 0 Å². The summed E-state index contributed by atoms with van der Waals surface area (Å²) in [6, 6.07) is 0.656. The molecule has 2 atom stereocenters. The monoisotopic (exact) mass is 261 g/mol. The number of likely N-dealkylation sites (tertiary alicyclic amines) is 1. The average molecular weight is 261 g/mol. The van der Waals surface area contributed by atoms with Gasteiger partial charge in [0.25, 0.3) is 0 Å². The quantitative estimate of drug-likeness (QED) is 0.834. The molecule has 0 saturated carbocycles. The van der Waals surface area contributed by atoms with Crippen LogP contribution in [0.3, 0.4) is 0 Å². The Bertz CT molecular complexity index is 424. The van der Waals surface area contributed by atoms with Crippen LogP contribution in [-0.2, 0) is 12.8 Å². The van der Waals surface area contributed by atoms with E-state index in [0.29, 0.717) is 6.04 Å². The van der Waals surface area contributed by atoms with Gasteiger partial charge in [0.2, 0.25) is 0 Å². The molecule has 0 amide bonds. The summed E-state index contributed by atoms with van der Waals surface area (Å²) in [5.41, 5.74) is 1.34. The van der Waals surface area contributed by atoms with E-state index < -0.39 is 0 Å². The van der Waals surface area contributed by atoms with Crippen molar-refractivity contribution in [1.82, 2.24) is 14.5 Å². The minimum atomic E-state index is 0.656. The van der Waals surface area contributed by atoms with Crippen LogP contribution in [0, 0.1) is 5.92 Å². The van der Waals surface area contributed by atoms with Crippen LogP contribution in [0.25, 0.3) is 0 Å². The van der Waals surface area contributed by atoms with Crippen molar-refractivity contribution in [3.05, 3.63) is 17.7 Å². The van der Waals surface area contributed by atoms with Crippen molar-refractivity contribution in [3.63, 3.8) is 0 Å². The van der Waals surface area contributed by atoms with Crippen LogP contribution in [0.4, 0.5) is 0 Å². The van der Waals surface area contributed by atoms with E-state index in [0.717, 1.165) is 5.92 Å². The second-order valence-corrected chi connectivity index (χ2v) is 6.40. The highest BCUT2D eigenvalue weighted by Gasteiger charge is 2.22. The summed E-state index contributed by atoms with van der Waals surface area (Å²) in [5.74, 6) is 2.15. The molecular weight excluding hydrogens is 234 g/mol. The fourth-order valence-electron chi connectivity index (χ4n) is 3.75. The predicted octanol–water partition coefficient (Wildman–Crippen LogP) is 3.05. The van der Waals surface area contributed by atoms with Crippen LogP contribution in [0.1, 0.15) is 57.1 Å². The van der Waals surface area contributed by atoms with Crippen molar-refractivity contribution < 1.29 is 0 Å². The van der Waals surface area contributed by atoms with E-state index in [4.69, 9.17) is 4.98 Å². The van der Waals surface area contributed by atoms with Crippen LogP contribution in [-0.4, -0.2) is 34.1 Å². The zero-order valence-corrected chi connectivity index (χ0v) is 12.4. The Labute approximate surface area is 117 Å². The van der Waals surface area contributed by atoms with E-state index >= 15 is 0 Å². The molecule has 0 aliphatic carbocycles. The van der Waals surface area contributed by atoms with Crippen LogP contribution < -0.4 is 0 Å². The van der Waals surface area contributed by atoms with Gasteiger partial charge in [0.1, 0.15) is 5.82 Å². The molecule has 2 unspecified atom stereocenters. The van der Waals surface area contributed by atoms with E-state index in [2.05, 4.69) is 29.5 Å². The van der Waals surface area contributed by atoms with Gasteiger partial charge in [0, 0.05) is 25.2 Å². The zero-order chi connectivity index (χ0) is 13.2. The van der Waals surface area contributed by atoms with Crippen molar-refractivity contribution in [2.24, 2.45) is 5.92 Å². The fraction of sp³-hybridized carbons (Fsp3) is 0.812. The number of hydrogen-bond donors (Lipinski definition) is 0. The summed E-state index contributed by atoms with van der Waals surface area (Å²) in [6.07, 6.45) is 10.1. The standard InChI is InChI=1S/C16H27N3/c1-3-18-9-5-7-14(11-18)10-15-12-19-13(2)6-4-8-16(19)17-15/h12-14H,3-11H2,1-2H3. The number of piperidine rings is 1. The van der Waals surface area contributed by atoms with Gasteiger partial charge in [0.05, 0.1) is 5.69 Å². The molecule has 0 radical (unpaired) electrons. The molecule has 1 aromatic heterocycles. The number of imidazole rings is 1. The van der Waals surface area contributed by atoms with Crippen molar-refractivity contribution in [2.45, 2.75) is 58.4 Å². The first-order valence-electron chi connectivity index (χ1n) is 8.05. The third-order valence-corrected chi connectivity index (χ3v) is 4.90. The van der Waals surface area contributed by atoms with Gasteiger partial charge in [-0.2, -0.15) is 0 Å². The summed E-state index contributed by atoms with van der Waals surface area (Å²) >= 11 is 0. The van der Waals surface area contributed by atoms with E-state index in [1.165, 1.54) is 69.7 Å².